The number of imidazole rings is 1. The number of carbonyl (C=O) groups is 3. The fraction of sp³-hybridized carbons (Fsp3) is 0.176. The van der Waals surface area contributed by atoms with Crippen molar-refractivity contribution < 1.29 is 14.4 Å². The Morgan fingerprint density at radius 2 is 1.67 bits per heavy atom. The van der Waals surface area contributed by atoms with E-state index in [4.69, 9.17) is 4.98 Å². The summed E-state index contributed by atoms with van der Waals surface area (Å²) in [5, 5.41) is 5.71. The highest BCUT2D eigenvalue weighted by Gasteiger charge is 2.22. The molecule has 2 N–H and O–H groups in total. The summed E-state index contributed by atoms with van der Waals surface area (Å²) in [7, 11) is 0. The lowest BCUT2D eigenvalue weighted by Gasteiger charge is -2.18. The first-order valence-electron chi connectivity index (χ1n) is 13.8. The maximum atomic E-state index is 13.3. The predicted molar refractivity (Wildman–Crippen MR) is 169 cm³/mol. The number of aromatic nitrogens is 2. The van der Waals surface area contributed by atoms with Gasteiger partial charge in [0.2, 0.25) is 5.91 Å². The van der Waals surface area contributed by atoms with Crippen molar-refractivity contribution >= 4 is 46.6 Å². The number of hydrogen-bond acceptors (Lipinski definition) is 5. The summed E-state index contributed by atoms with van der Waals surface area (Å²) < 4.78 is 2.13. The molecule has 0 spiro atoms. The standard InChI is InChI=1S/C34H32N4O3S/c1-4-42-29-16-12-26(13-17-29)32(35-23(3)40)34(41)36-28-14-10-27(11-15-28)33-37-30-19-25(21-39)9-18-31(30)38(33)20-24-7-5-22(2)6-8-24/h5-19,21,32H,4,20H2,1-3H3,(H,35,40)(H,36,41). The van der Waals surface area contributed by atoms with E-state index in [1.807, 2.05) is 54.6 Å². The van der Waals surface area contributed by atoms with Crippen molar-refractivity contribution in [3.63, 3.8) is 0 Å². The van der Waals surface area contributed by atoms with Gasteiger partial charge in [0.1, 0.15) is 18.2 Å². The van der Waals surface area contributed by atoms with Crippen molar-refractivity contribution in [1.82, 2.24) is 14.9 Å². The van der Waals surface area contributed by atoms with Gasteiger partial charge in [-0.1, -0.05) is 48.9 Å². The molecule has 0 bridgehead atoms. The maximum absolute atomic E-state index is 13.3. The highest BCUT2D eigenvalue weighted by molar-refractivity contribution is 7.99. The summed E-state index contributed by atoms with van der Waals surface area (Å²) >= 11 is 1.71. The number of carbonyl (C=O) groups excluding carboxylic acids is 3. The molecule has 42 heavy (non-hydrogen) atoms. The van der Waals surface area contributed by atoms with E-state index in [1.54, 1.807) is 23.9 Å². The van der Waals surface area contributed by atoms with Crippen molar-refractivity contribution in [3.05, 3.63) is 113 Å². The van der Waals surface area contributed by atoms with Gasteiger partial charge >= 0.3 is 0 Å². The number of amides is 2. The Labute approximate surface area is 249 Å². The summed E-state index contributed by atoms with van der Waals surface area (Å²) in [6, 6.07) is 28.2. The van der Waals surface area contributed by atoms with E-state index in [9.17, 15) is 14.4 Å². The molecule has 0 saturated heterocycles. The molecule has 0 aliphatic carbocycles. The van der Waals surface area contributed by atoms with Crippen LogP contribution in [0.3, 0.4) is 0 Å². The molecule has 1 aromatic heterocycles. The third-order valence-electron chi connectivity index (χ3n) is 6.91. The fourth-order valence-corrected chi connectivity index (χ4v) is 5.48. The molecular formula is C34H32N4O3S. The number of thioether (sulfide) groups is 1. The Hall–Kier alpha value is -4.69. The van der Waals surface area contributed by atoms with Gasteiger partial charge in [0.05, 0.1) is 11.0 Å². The van der Waals surface area contributed by atoms with Gasteiger partial charge in [-0.25, -0.2) is 4.98 Å². The normalized spacial score (nSPS) is 11.7. The molecule has 1 atom stereocenters. The van der Waals surface area contributed by atoms with Crippen molar-refractivity contribution in [3.8, 4) is 11.4 Å². The van der Waals surface area contributed by atoms with Crippen molar-refractivity contribution in [1.29, 1.82) is 0 Å². The molecule has 0 radical (unpaired) electrons. The molecule has 8 heteroatoms. The molecule has 0 aliphatic heterocycles. The lowest BCUT2D eigenvalue weighted by atomic mass is 10.1. The van der Waals surface area contributed by atoms with E-state index in [0.717, 1.165) is 44.9 Å². The lowest BCUT2D eigenvalue weighted by molar-refractivity contribution is -0.125. The quantitative estimate of drug-likeness (QED) is 0.141. The van der Waals surface area contributed by atoms with Gasteiger partial charge in [0.25, 0.3) is 5.91 Å². The largest absolute Gasteiger partial charge is 0.341 e. The van der Waals surface area contributed by atoms with Crippen molar-refractivity contribution in [2.45, 2.75) is 38.3 Å². The van der Waals surface area contributed by atoms with Crippen LogP contribution in [0, 0.1) is 6.92 Å². The minimum atomic E-state index is -0.825. The van der Waals surface area contributed by atoms with Crippen LogP contribution in [-0.4, -0.2) is 33.4 Å². The number of anilines is 1. The average molecular weight is 577 g/mol. The van der Waals surface area contributed by atoms with Gasteiger partial charge in [-0.3, -0.25) is 14.4 Å². The van der Waals surface area contributed by atoms with Crippen LogP contribution in [0.15, 0.2) is 95.9 Å². The number of rotatable bonds is 10. The molecule has 2 amide bonds. The minimum absolute atomic E-state index is 0.289. The van der Waals surface area contributed by atoms with E-state index in [-0.39, 0.29) is 11.8 Å². The van der Waals surface area contributed by atoms with Gasteiger partial charge < -0.3 is 15.2 Å². The average Bonchev–Trinajstić information content (AvgIpc) is 3.35. The molecule has 212 valence electrons. The van der Waals surface area contributed by atoms with Gasteiger partial charge in [-0.15, -0.1) is 11.8 Å². The second kappa shape index (κ2) is 12.9. The molecule has 1 unspecified atom stereocenters. The predicted octanol–water partition coefficient (Wildman–Crippen LogP) is 6.80. The lowest BCUT2D eigenvalue weighted by Crippen LogP contribution is -2.35. The van der Waals surface area contributed by atoms with Gasteiger partial charge in [-0.2, -0.15) is 0 Å². The van der Waals surface area contributed by atoms with Crippen molar-refractivity contribution in [2.75, 3.05) is 11.1 Å². The highest BCUT2D eigenvalue weighted by atomic mass is 32.2. The number of nitrogens with zero attached hydrogens (tertiary/aromatic N) is 2. The third kappa shape index (κ3) is 6.61. The van der Waals surface area contributed by atoms with E-state index in [0.29, 0.717) is 23.4 Å². The van der Waals surface area contributed by atoms with Crippen molar-refractivity contribution in [2.24, 2.45) is 0 Å². The smallest absolute Gasteiger partial charge is 0.251 e. The van der Waals surface area contributed by atoms with Crippen LogP contribution in [0.2, 0.25) is 0 Å². The van der Waals surface area contributed by atoms with Gasteiger partial charge in [-0.05, 0) is 78.4 Å². The Kier molecular flexibility index (Phi) is 8.83. The summed E-state index contributed by atoms with van der Waals surface area (Å²) in [5.41, 5.74) is 6.73. The molecule has 5 aromatic rings. The SMILES string of the molecule is CCSc1ccc(C(NC(C)=O)C(=O)Nc2ccc(-c3nc4cc(C=O)ccc4n3Cc3ccc(C)cc3)cc2)cc1. The Morgan fingerprint density at radius 1 is 0.952 bits per heavy atom. The van der Waals surface area contributed by atoms with Crippen LogP contribution >= 0.6 is 11.8 Å². The van der Waals surface area contributed by atoms with Crippen LogP contribution in [0.25, 0.3) is 22.4 Å². The van der Waals surface area contributed by atoms with Crippen LogP contribution in [-0.2, 0) is 16.1 Å². The van der Waals surface area contributed by atoms with Crippen LogP contribution in [0.1, 0.15) is 46.9 Å². The summed E-state index contributed by atoms with van der Waals surface area (Å²) in [6.07, 6.45) is 0.822. The number of aldehydes is 1. The second-order valence-corrected chi connectivity index (χ2v) is 11.4. The first kappa shape index (κ1) is 28.8. The fourth-order valence-electron chi connectivity index (χ4n) is 4.82. The second-order valence-electron chi connectivity index (χ2n) is 10.1. The summed E-state index contributed by atoms with van der Waals surface area (Å²) in [6.45, 7) is 6.15. The van der Waals surface area contributed by atoms with E-state index in [2.05, 4.69) is 53.3 Å². The molecule has 1 heterocycles. The highest BCUT2D eigenvalue weighted by Crippen LogP contribution is 2.28. The summed E-state index contributed by atoms with van der Waals surface area (Å²) in [4.78, 5) is 42.6. The van der Waals surface area contributed by atoms with E-state index < -0.39 is 6.04 Å². The first-order chi connectivity index (χ1) is 20.3. The number of fused-ring (bicyclic) bond motifs is 1. The first-order valence-corrected chi connectivity index (χ1v) is 14.8. The zero-order valence-corrected chi connectivity index (χ0v) is 24.6. The number of nitrogens with one attached hydrogen (secondary N) is 2. The molecule has 7 nitrogen and oxygen atoms in total. The monoisotopic (exact) mass is 576 g/mol. The van der Waals surface area contributed by atoms with Crippen LogP contribution in [0.4, 0.5) is 5.69 Å². The summed E-state index contributed by atoms with van der Waals surface area (Å²) in [5.74, 6) is 1.09. The zero-order valence-electron chi connectivity index (χ0n) is 23.8. The third-order valence-corrected chi connectivity index (χ3v) is 7.81. The number of hydrogen-bond donors (Lipinski definition) is 2. The Balaban J connectivity index is 1.42. The molecule has 0 aliphatic rings. The molecule has 5 rings (SSSR count). The number of benzene rings is 4. The van der Waals surface area contributed by atoms with E-state index in [1.165, 1.54) is 12.5 Å². The molecule has 0 saturated carbocycles. The van der Waals surface area contributed by atoms with Gasteiger partial charge in [0, 0.05) is 35.2 Å². The zero-order chi connectivity index (χ0) is 29.6. The minimum Gasteiger partial charge on any atom is -0.341 e. The molecular weight excluding hydrogens is 544 g/mol. The Morgan fingerprint density at radius 3 is 2.31 bits per heavy atom. The van der Waals surface area contributed by atoms with E-state index >= 15 is 0 Å². The van der Waals surface area contributed by atoms with Crippen LogP contribution in [0.5, 0.6) is 0 Å². The molecule has 0 fully saturated rings. The molecule has 4 aromatic carbocycles. The maximum Gasteiger partial charge on any atom is 0.251 e. The number of aryl methyl sites for hydroxylation is 1. The van der Waals surface area contributed by atoms with Gasteiger partial charge in [0.15, 0.2) is 0 Å². The topological polar surface area (TPSA) is 93.1 Å². The van der Waals surface area contributed by atoms with Crippen LogP contribution < -0.4 is 10.6 Å². The Bertz CT molecular complexity index is 1730.